The van der Waals surface area contributed by atoms with Crippen molar-refractivity contribution in [2.24, 2.45) is 0 Å². The lowest BCUT2D eigenvalue weighted by Crippen LogP contribution is -2.21. The van der Waals surface area contributed by atoms with Crippen LogP contribution in [0.4, 0.5) is 0 Å². The number of para-hydroxylation sites is 1. The maximum absolute atomic E-state index is 5.42. The van der Waals surface area contributed by atoms with Gasteiger partial charge in [0.05, 0.1) is 30.8 Å². The maximum atomic E-state index is 5.42. The van der Waals surface area contributed by atoms with E-state index in [1.54, 1.807) is 4.80 Å². The summed E-state index contributed by atoms with van der Waals surface area (Å²) in [5, 5.41) is 12.2. The number of ether oxygens (including phenoxy) is 1. The summed E-state index contributed by atoms with van der Waals surface area (Å²) in [5.74, 6) is 0. The highest BCUT2D eigenvalue weighted by Crippen LogP contribution is 2.26. The van der Waals surface area contributed by atoms with E-state index in [1.807, 2.05) is 49.8 Å². The average Bonchev–Trinajstić information content (AvgIpc) is 3.00. The van der Waals surface area contributed by atoms with Gasteiger partial charge in [-0.2, -0.15) is 15.0 Å². The fourth-order valence-electron chi connectivity index (χ4n) is 2.41. The first-order valence-electron chi connectivity index (χ1n) is 6.84. The third-order valence-corrected chi connectivity index (χ3v) is 3.41. The van der Waals surface area contributed by atoms with E-state index in [2.05, 4.69) is 15.5 Å². The van der Waals surface area contributed by atoms with Crippen molar-refractivity contribution in [1.29, 1.82) is 0 Å². The van der Waals surface area contributed by atoms with E-state index < -0.39 is 0 Å². The molecule has 1 atom stereocenters. The topological polar surface area (TPSA) is 52.0 Å². The van der Waals surface area contributed by atoms with Crippen LogP contribution >= 0.6 is 0 Å². The standard InChI is InChI=1S/C15H18N4O/c1-16-15(12-6-5-9-20-11-12)14-10-17-19(18-14)13-7-3-2-4-8-13/h2-4,7-8,10-11,15-16H,5-6,9H2,1H3. The van der Waals surface area contributed by atoms with E-state index in [0.717, 1.165) is 30.8 Å². The summed E-state index contributed by atoms with van der Waals surface area (Å²) in [6.07, 6.45) is 5.75. The molecule has 0 saturated heterocycles. The van der Waals surface area contributed by atoms with Gasteiger partial charge in [-0.15, -0.1) is 0 Å². The summed E-state index contributed by atoms with van der Waals surface area (Å²) >= 11 is 0. The van der Waals surface area contributed by atoms with Gasteiger partial charge < -0.3 is 10.1 Å². The number of rotatable bonds is 4. The van der Waals surface area contributed by atoms with Crippen LogP contribution in [0.1, 0.15) is 24.6 Å². The molecule has 1 aliphatic heterocycles. The first-order valence-corrected chi connectivity index (χ1v) is 6.84. The third kappa shape index (κ3) is 2.58. The Morgan fingerprint density at radius 2 is 2.15 bits per heavy atom. The molecule has 0 radical (unpaired) electrons. The molecule has 0 spiro atoms. The molecule has 1 aromatic carbocycles. The normalized spacial score (nSPS) is 16.4. The van der Waals surface area contributed by atoms with E-state index in [9.17, 15) is 0 Å². The molecule has 1 aromatic heterocycles. The molecule has 0 aliphatic carbocycles. The van der Waals surface area contributed by atoms with Crippen LogP contribution in [0, 0.1) is 0 Å². The Bertz CT molecular complexity index is 591. The highest BCUT2D eigenvalue weighted by molar-refractivity contribution is 5.29. The summed E-state index contributed by atoms with van der Waals surface area (Å²) in [5.41, 5.74) is 3.09. The van der Waals surface area contributed by atoms with Crippen molar-refractivity contribution < 1.29 is 4.74 Å². The van der Waals surface area contributed by atoms with Crippen molar-refractivity contribution in [3.8, 4) is 5.69 Å². The largest absolute Gasteiger partial charge is 0.501 e. The van der Waals surface area contributed by atoms with Gasteiger partial charge in [0.1, 0.15) is 5.69 Å². The summed E-state index contributed by atoms with van der Waals surface area (Å²) < 4.78 is 5.42. The van der Waals surface area contributed by atoms with E-state index in [-0.39, 0.29) is 6.04 Å². The van der Waals surface area contributed by atoms with Gasteiger partial charge in [0.25, 0.3) is 0 Å². The highest BCUT2D eigenvalue weighted by Gasteiger charge is 2.20. The van der Waals surface area contributed by atoms with Crippen molar-refractivity contribution in [3.05, 3.63) is 54.1 Å². The van der Waals surface area contributed by atoms with E-state index in [1.165, 1.54) is 5.57 Å². The molecule has 0 bridgehead atoms. The second kappa shape index (κ2) is 5.88. The van der Waals surface area contributed by atoms with Crippen molar-refractivity contribution in [1.82, 2.24) is 20.3 Å². The van der Waals surface area contributed by atoms with Gasteiger partial charge in [-0.25, -0.2) is 0 Å². The quantitative estimate of drug-likeness (QED) is 0.925. The van der Waals surface area contributed by atoms with Crippen molar-refractivity contribution in [3.63, 3.8) is 0 Å². The second-order valence-electron chi connectivity index (χ2n) is 4.78. The summed E-state index contributed by atoms with van der Waals surface area (Å²) in [6.45, 7) is 0.802. The SMILES string of the molecule is CNC(C1=COCCC1)c1cnn(-c2ccccc2)n1. The molecule has 2 heterocycles. The Balaban J connectivity index is 1.86. The third-order valence-electron chi connectivity index (χ3n) is 3.41. The molecule has 1 aliphatic rings. The molecule has 1 N–H and O–H groups in total. The first-order chi connectivity index (χ1) is 9.88. The molecule has 20 heavy (non-hydrogen) atoms. The van der Waals surface area contributed by atoms with E-state index in [4.69, 9.17) is 4.74 Å². The molecule has 0 amide bonds. The Kier molecular flexibility index (Phi) is 3.78. The zero-order valence-corrected chi connectivity index (χ0v) is 11.5. The van der Waals surface area contributed by atoms with Crippen molar-refractivity contribution in [2.45, 2.75) is 18.9 Å². The Morgan fingerprint density at radius 1 is 1.30 bits per heavy atom. The number of hydrogen-bond acceptors (Lipinski definition) is 4. The lowest BCUT2D eigenvalue weighted by Gasteiger charge is -2.20. The first kappa shape index (κ1) is 12.9. The van der Waals surface area contributed by atoms with E-state index >= 15 is 0 Å². The van der Waals surface area contributed by atoms with Crippen LogP contribution in [0.25, 0.3) is 5.69 Å². The molecule has 3 rings (SSSR count). The Morgan fingerprint density at radius 3 is 2.85 bits per heavy atom. The predicted octanol–water partition coefficient (Wildman–Crippen LogP) is 2.22. The van der Waals surface area contributed by atoms with Crippen LogP contribution in [-0.4, -0.2) is 28.6 Å². The molecule has 5 nitrogen and oxygen atoms in total. The molecular formula is C15H18N4O. The molecule has 0 saturated carbocycles. The van der Waals surface area contributed by atoms with Crippen molar-refractivity contribution in [2.75, 3.05) is 13.7 Å². The predicted molar refractivity (Wildman–Crippen MR) is 76.4 cm³/mol. The molecule has 104 valence electrons. The number of aromatic nitrogens is 3. The molecule has 2 aromatic rings. The van der Waals surface area contributed by atoms with Gasteiger partial charge in [-0.05, 0) is 37.6 Å². The Hall–Kier alpha value is -2.14. The molecule has 1 unspecified atom stereocenters. The minimum absolute atomic E-state index is 0.0627. The fourth-order valence-corrected chi connectivity index (χ4v) is 2.41. The minimum atomic E-state index is 0.0627. The highest BCUT2D eigenvalue weighted by atomic mass is 16.5. The van der Waals surface area contributed by atoms with Gasteiger partial charge >= 0.3 is 0 Å². The zero-order valence-electron chi connectivity index (χ0n) is 11.5. The maximum Gasteiger partial charge on any atom is 0.104 e. The van der Waals surface area contributed by atoms with Crippen LogP contribution in [-0.2, 0) is 4.74 Å². The number of nitrogens with zero attached hydrogens (tertiary/aromatic N) is 3. The minimum Gasteiger partial charge on any atom is -0.501 e. The van der Waals surface area contributed by atoms with Gasteiger partial charge in [-0.3, -0.25) is 0 Å². The number of nitrogens with one attached hydrogen (secondary N) is 1. The van der Waals surface area contributed by atoms with Crippen LogP contribution in [0.15, 0.2) is 48.4 Å². The van der Waals surface area contributed by atoms with Gasteiger partial charge in [0.15, 0.2) is 0 Å². The second-order valence-corrected chi connectivity index (χ2v) is 4.78. The summed E-state index contributed by atoms with van der Waals surface area (Å²) in [6, 6.07) is 9.97. The fraction of sp³-hybridized carbons (Fsp3) is 0.333. The molecule has 5 heteroatoms. The summed E-state index contributed by atoms with van der Waals surface area (Å²) in [7, 11) is 1.93. The van der Waals surface area contributed by atoms with Gasteiger partial charge in [0, 0.05) is 0 Å². The summed E-state index contributed by atoms with van der Waals surface area (Å²) in [4.78, 5) is 1.66. The molecular weight excluding hydrogens is 252 g/mol. The van der Waals surface area contributed by atoms with Crippen LogP contribution < -0.4 is 5.32 Å². The Labute approximate surface area is 118 Å². The van der Waals surface area contributed by atoms with Crippen LogP contribution in [0.3, 0.4) is 0 Å². The average molecular weight is 270 g/mol. The number of likely N-dealkylation sites (N-methyl/N-ethyl adjacent to an activating group) is 1. The van der Waals surface area contributed by atoms with Crippen LogP contribution in [0.2, 0.25) is 0 Å². The smallest absolute Gasteiger partial charge is 0.104 e. The van der Waals surface area contributed by atoms with Gasteiger partial charge in [-0.1, -0.05) is 18.2 Å². The molecule has 0 fully saturated rings. The monoisotopic (exact) mass is 270 g/mol. The lowest BCUT2D eigenvalue weighted by molar-refractivity contribution is 0.219. The lowest BCUT2D eigenvalue weighted by atomic mass is 10.0. The van der Waals surface area contributed by atoms with Crippen molar-refractivity contribution >= 4 is 0 Å². The number of hydrogen-bond donors (Lipinski definition) is 1. The van der Waals surface area contributed by atoms with Gasteiger partial charge in [0.2, 0.25) is 0 Å². The number of benzene rings is 1. The van der Waals surface area contributed by atoms with E-state index in [0.29, 0.717) is 0 Å². The van der Waals surface area contributed by atoms with Crippen LogP contribution in [0.5, 0.6) is 0 Å². The zero-order chi connectivity index (χ0) is 13.8.